The van der Waals surface area contributed by atoms with Crippen molar-refractivity contribution in [2.45, 2.75) is 26.9 Å². The van der Waals surface area contributed by atoms with Gasteiger partial charge in [-0.25, -0.2) is 0 Å². The zero-order chi connectivity index (χ0) is 13.0. The molecule has 2 nitrogen and oxygen atoms in total. The van der Waals surface area contributed by atoms with Crippen molar-refractivity contribution in [2.24, 2.45) is 0 Å². The molecule has 0 saturated carbocycles. The zero-order valence-corrected chi connectivity index (χ0v) is 11.0. The Balaban J connectivity index is 2.06. The Labute approximate surface area is 108 Å². The molecule has 0 saturated heterocycles. The summed E-state index contributed by atoms with van der Waals surface area (Å²) < 4.78 is 11.3. The number of rotatable bonds is 4. The van der Waals surface area contributed by atoms with Crippen LogP contribution in [-0.4, -0.2) is 6.10 Å². The van der Waals surface area contributed by atoms with Crippen molar-refractivity contribution < 1.29 is 9.47 Å². The van der Waals surface area contributed by atoms with E-state index < -0.39 is 0 Å². The summed E-state index contributed by atoms with van der Waals surface area (Å²) in [4.78, 5) is 0. The van der Waals surface area contributed by atoms with E-state index >= 15 is 0 Å². The minimum atomic E-state index is 0.188. The van der Waals surface area contributed by atoms with Gasteiger partial charge in [0, 0.05) is 0 Å². The predicted octanol–water partition coefficient (Wildman–Crippen LogP) is 4.57. The fraction of sp³-hybridized carbons (Fsp3) is 0.250. The van der Waals surface area contributed by atoms with Crippen molar-refractivity contribution in [3.05, 3.63) is 54.1 Å². The van der Waals surface area contributed by atoms with E-state index in [1.54, 1.807) is 0 Å². The molecule has 2 rings (SSSR count). The van der Waals surface area contributed by atoms with Crippen LogP contribution in [0.15, 0.2) is 48.5 Å². The van der Waals surface area contributed by atoms with Gasteiger partial charge in [0.25, 0.3) is 0 Å². The normalized spacial score (nSPS) is 10.4. The summed E-state index contributed by atoms with van der Waals surface area (Å²) in [5, 5.41) is 0. The Morgan fingerprint density at radius 1 is 0.833 bits per heavy atom. The summed E-state index contributed by atoms with van der Waals surface area (Å²) in [6.45, 7) is 6.07. The van der Waals surface area contributed by atoms with E-state index in [2.05, 4.69) is 0 Å². The highest BCUT2D eigenvalue weighted by atomic mass is 16.5. The van der Waals surface area contributed by atoms with Crippen molar-refractivity contribution in [2.75, 3.05) is 0 Å². The van der Waals surface area contributed by atoms with Gasteiger partial charge in [-0.3, -0.25) is 0 Å². The third-order valence-electron chi connectivity index (χ3n) is 2.42. The summed E-state index contributed by atoms with van der Waals surface area (Å²) in [5.41, 5.74) is 1.19. The second-order valence-electron chi connectivity index (χ2n) is 4.56. The van der Waals surface area contributed by atoms with Crippen LogP contribution in [0.5, 0.6) is 17.2 Å². The molecule has 2 heteroatoms. The van der Waals surface area contributed by atoms with Gasteiger partial charge in [-0.15, -0.1) is 0 Å². The zero-order valence-electron chi connectivity index (χ0n) is 11.0. The molecule has 0 amide bonds. The van der Waals surface area contributed by atoms with E-state index in [1.807, 2.05) is 69.3 Å². The highest BCUT2D eigenvalue weighted by Gasteiger charge is 2.00. The largest absolute Gasteiger partial charge is 0.491 e. The van der Waals surface area contributed by atoms with Crippen LogP contribution in [0, 0.1) is 6.92 Å². The Kier molecular flexibility index (Phi) is 3.88. The van der Waals surface area contributed by atoms with Gasteiger partial charge >= 0.3 is 0 Å². The van der Waals surface area contributed by atoms with Gasteiger partial charge in [-0.1, -0.05) is 12.1 Å². The van der Waals surface area contributed by atoms with Crippen molar-refractivity contribution in [3.8, 4) is 17.2 Å². The number of ether oxygens (including phenoxy) is 2. The van der Waals surface area contributed by atoms with Gasteiger partial charge in [0.2, 0.25) is 0 Å². The molecule has 0 bridgehead atoms. The monoisotopic (exact) mass is 242 g/mol. The van der Waals surface area contributed by atoms with Gasteiger partial charge in [0.05, 0.1) is 6.10 Å². The third-order valence-corrected chi connectivity index (χ3v) is 2.42. The van der Waals surface area contributed by atoms with Gasteiger partial charge in [-0.05, 0) is 62.7 Å². The Morgan fingerprint density at radius 3 is 2.11 bits per heavy atom. The second-order valence-corrected chi connectivity index (χ2v) is 4.56. The first-order chi connectivity index (χ1) is 8.63. The topological polar surface area (TPSA) is 18.5 Å². The van der Waals surface area contributed by atoms with Crippen LogP contribution < -0.4 is 9.47 Å². The molecule has 0 atom stereocenters. The average Bonchev–Trinajstić information content (AvgIpc) is 2.31. The van der Waals surface area contributed by atoms with Crippen LogP contribution in [0.25, 0.3) is 0 Å². The highest BCUT2D eigenvalue weighted by Crippen LogP contribution is 2.24. The lowest BCUT2D eigenvalue weighted by Crippen LogP contribution is -2.05. The molecule has 0 aliphatic rings. The van der Waals surface area contributed by atoms with Crippen LogP contribution in [0.1, 0.15) is 19.4 Å². The molecule has 0 unspecified atom stereocenters. The average molecular weight is 242 g/mol. The summed E-state index contributed by atoms with van der Waals surface area (Å²) in [7, 11) is 0. The van der Waals surface area contributed by atoms with E-state index in [-0.39, 0.29) is 6.10 Å². The van der Waals surface area contributed by atoms with Crippen molar-refractivity contribution in [1.82, 2.24) is 0 Å². The van der Waals surface area contributed by atoms with E-state index in [0.717, 1.165) is 17.2 Å². The van der Waals surface area contributed by atoms with E-state index in [0.29, 0.717) is 0 Å². The van der Waals surface area contributed by atoms with Crippen LogP contribution in [0.3, 0.4) is 0 Å². The van der Waals surface area contributed by atoms with E-state index in [1.165, 1.54) is 5.56 Å². The minimum Gasteiger partial charge on any atom is -0.491 e. The number of hydrogen-bond acceptors (Lipinski definition) is 2. The summed E-state index contributed by atoms with van der Waals surface area (Å²) in [5.74, 6) is 2.53. The molecule has 0 N–H and O–H groups in total. The molecular formula is C16H18O2. The third kappa shape index (κ3) is 3.52. The standard InChI is InChI=1S/C16H18O2/c1-12(2)17-14-7-9-15(10-8-14)18-16-6-4-5-13(3)11-16/h4-12H,1-3H3. The van der Waals surface area contributed by atoms with Crippen molar-refractivity contribution >= 4 is 0 Å². The number of benzene rings is 2. The fourth-order valence-corrected chi connectivity index (χ4v) is 1.67. The smallest absolute Gasteiger partial charge is 0.127 e. The molecule has 0 heterocycles. The lowest BCUT2D eigenvalue weighted by molar-refractivity contribution is 0.242. The quantitative estimate of drug-likeness (QED) is 0.781. The van der Waals surface area contributed by atoms with Crippen molar-refractivity contribution in [3.63, 3.8) is 0 Å². The first-order valence-electron chi connectivity index (χ1n) is 6.15. The molecule has 0 aliphatic carbocycles. The molecule has 0 spiro atoms. The molecule has 0 aliphatic heterocycles. The maximum absolute atomic E-state index is 5.76. The molecule has 0 aromatic heterocycles. The van der Waals surface area contributed by atoms with E-state index in [9.17, 15) is 0 Å². The highest BCUT2D eigenvalue weighted by molar-refractivity contribution is 5.36. The Morgan fingerprint density at radius 2 is 1.50 bits per heavy atom. The molecule has 94 valence electrons. The van der Waals surface area contributed by atoms with Crippen LogP contribution in [-0.2, 0) is 0 Å². The van der Waals surface area contributed by atoms with Gasteiger partial charge < -0.3 is 9.47 Å². The van der Waals surface area contributed by atoms with Gasteiger partial charge in [0.1, 0.15) is 17.2 Å². The lowest BCUT2D eigenvalue weighted by atomic mass is 10.2. The van der Waals surface area contributed by atoms with Crippen LogP contribution >= 0.6 is 0 Å². The maximum atomic E-state index is 5.76. The lowest BCUT2D eigenvalue weighted by Gasteiger charge is -2.10. The SMILES string of the molecule is Cc1cccc(Oc2ccc(OC(C)C)cc2)c1. The predicted molar refractivity (Wildman–Crippen MR) is 73.5 cm³/mol. The number of hydrogen-bond donors (Lipinski definition) is 0. The summed E-state index contributed by atoms with van der Waals surface area (Å²) in [6.07, 6.45) is 0.188. The molecule has 18 heavy (non-hydrogen) atoms. The van der Waals surface area contributed by atoms with E-state index in [4.69, 9.17) is 9.47 Å². The molecule has 0 radical (unpaired) electrons. The van der Waals surface area contributed by atoms with Crippen LogP contribution in [0.2, 0.25) is 0 Å². The Bertz CT molecular complexity index is 501. The molecular weight excluding hydrogens is 224 g/mol. The fourth-order valence-electron chi connectivity index (χ4n) is 1.67. The molecule has 0 fully saturated rings. The van der Waals surface area contributed by atoms with Gasteiger partial charge in [-0.2, -0.15) is 0 Å². The summed E-state index contributed by atoms with van der Waals surface area (Å²) >= 11 is 0. The summed E-state index contributed by atoms with van der Waals surface area (Å²) in [6, 6.07) is 15.7. The van der Waals surface area contributed by atoms with Crippen molar-refractivity contribution in [1.29, 1.82) is 0 Å². The number of aryl methyl sites for hydroxylation is 1. The first-order valence-corrected chi connectivity index (χ1v) is 6.15. The molecule has 2 aromatic rings. The Hall–Kier alpha value is -1.96. The van der Waals surface area contributed by atoms with Crippen LogP contribution in [0.4, 0.5) is 0 Å². The first kappa shape index (κ1) is 12.5. The molecule has 2 aromatic carbocycles. The van der Waals surface area contributed by atoms with Gasteiger partial charge in [0.15, 0.2) is 0 Å². The minimum absolute atomic E-state index is 0.188. The second kappa shape index (κ2) is 5.58. The maximum Gasteiger partial charge on any atom is 0.127 e.